The molecule has 0 spiro atoms. The summed E-state index contributed by atoms with van der Waals surface area (Å²) in [6.45, 7) is 0. The summed E-state index contributed by atoms with van der Waals surface area (Å²) in [6, 6.07) is 2.66. The molecule has 1 saturated carbocycles. The van der Waals surface area contributed by atoms with Gasteiger partial charge in [0.2, 0.25) is 0 Å². The Morgan fingerprint density at radius 2 is 2.36 bits per heavy atom. The fraction of sp³-hybridized carbons (Fsp3) is 0.571. The molecule has 11 heavy (non-hydrogen) atoms. The predicted octanol–water partition coefficient (Wildman–Crippen LogP) is 2.38. The summed E-state index contributed by atoms with van der Waals surface area (Å²) in [6.07, 6.45) is 4.57. The lowest BCUT2D eigenvalue weighted by atomic mass is 10.5. The average Bonchev–Trinajstić information content (AvgIpc) is 2.70. The minimum atomic E-state index is 0. The molecular weight excluding hydrogens is 183 g/mol. The van der Waals surface area contributed by atoms with Crippen molar-refractivity contribution in [3.05, 3.63) is 18.0 Å². The zero-order valence-electron chi connectivity index (χ0n) is 6.03. The van der Waals surface area contributed by atoms with E-state index in [1.807, 2.05) is 16.9 Å². The number of aromatic nitrogens is 2. The Labute approximate surface area is 76.9 Å². The van der Waals surface area contributed by atoms with Gasteiger partial charge in [-0.25, -0.2) is 0 Å². The molecule has 1 aliphatic rings. The molecule has 0 radical (unpaired) electrons. The molecule has 1 aromatic heterocycles. The molecule has 0 saturated heterocycles. The van der Waals surface area contributed by atoms with E-state index in [0.29, 0.717) is 11.9 Å². The van der Waals surface area contributed by atoms with Crippen molar-refractivity contribution in [2.24, 2.45) is 0 Å². The molecule has 1 aromatic rings. The van der Waals surface area contributed by atoms with E-state index in [-0.39, 0.29) is 12.4 Å². The summed E-state index contributed by atoms with van der Waals surface area (Å²) < 4.78 is 2.01. The number of halogens is 2. The summed E-state index contributed by atoms with van der Waals surface area (Å²) in [5, 5.41) is 4.28. The number of hydrogen-bond acceptors (Lipinski definition) is 1. The van der Waals surface area contributed by atoms with Crippen molar-refractivity contribution in [1.82, 2.24) is 9.78 Å². The van der Waals surface area contributed by atoms with E-state index in [1.54, 1.807) is 0 Å². The molecule has 1 aliphatic carbocycles. The molecule has 1 heterocycles. The third kappa shape index (κ3) is 1.88. The van der Waals surface area contributed by atoms with E-state index in [0.717, 1.165) is 5.69 Å². The highest BCUT2D eigenvalue weighted by molar-refractivity contribution is 6.16. The first-order valence-electron chi connectivity index (χ1n) is 3.50. The van der Waals surface area contributed by atoms with Crippen molar-refractivity contribution in [1.29, 1.82) is 0 Å². The summed E-state index contributed by atoms with van der Waals surface area (Å²) >= 11 is 5.59. The maximum atomic E-state index is 5.59. The average molecular weight is 193 g/mol. The molecule has 0 amide bonds. The molecule has 0 atom stereocenters. The van der Waals surface area contributed by atoms with Crippen LogP contribution in [0.2, 0.25) is 0 Å². The first-order valence-corrected chi connectivity index (χ1v) is 4.03. The van der Waals surface area contributed by atoms with Crippen LogP contribution < -0.4 is 0 Å². The third-order valence-corrected chi connectivity index (χ3v) is 2.00. The van der Waals surface area contributed by atoms with Crippen LogP contribution in [-0.2, 0) is 5.88 Å². The van der Waals surface area contributed by atoms with Gasteiger partial charge in [0.1, 0.15) is 0 Å². The van der Waals surface area contributed by atoms with Crippen LogP contribution in [-0.4, -0.2) is 9.78 Å². The van der Waals surface area contributed by atoms with Crippen LogP contribution in [0.25, 0.3) is 0 Å². The highest BCUT2D eigenvalue weighted by atomic mass is 35.5. The van der Waals surface area contributed by atoms with Crippen LogP contribution >= 0.6 is 24.0 Å². The van der Waals surface area contributed by atoms with Crippen molar-refractivity contribution in [3.63, 3.8) is 0 Å². The third-order valence-electron chi connectivity index (χ3n) is 1.72. The summed E-state index contributed by atoms with van der Waals surface area (Å²) in [5.41, 5.74) is 0.980. The van der Waals surface area contributed by atoms with E-state index in [1.165, 1.54) is 12.8 Å². The zero-order chi connectivity index (χ0) is 6.97. The molecule has 0 bridgehead atoms. The maximum absolute atomic E-state index is 5.59. The van der Waals surface area contributed by atoms with Crippen LogP contribution in [0.5, 0.6) is 0 Å². The van der Waals surface area contributed by atoms with Gasteiger partial charge in [-0.3, -0.25) is 4.68 Å². The van der Waals surface area contributed by atoms with Crippen molar-refractivity contribution in [3.8, 4) is 0 Å². The monoisotopic (exact) mass is 192 g/mol. The topological polar surface area (TPSA) is 17.8 Å². The smallest absolute Gasteiger partial charge is 0.0772 e. The zero-order valence-corrected chi connectivity index (χ0v) is 7.61. The first kappa shape index (κ1) is 8.88. The maximum Gasteiger partial charge on any atom is 0.0772 e. The second-order valence-electron chi connectivity index (χ2n) is 2.65. The van der Waals surface area contributed by atoms with E-state index >= 15 is 0 Å². The second-order valence-corrected chi connectivity index (χ2v) is 2.92. The second kappa shape index (κ2) is 3.46. The minimum Gasteiger partial charge on any atom is -0.269 e. The summed E-state index contributed by atoms with van der Waals surface area (Å²) in [7, 11) is 0. The Balaban J connectivity index is 0.000000605. The molecular formula is C7H10Cl2N2. The first-order chi connectivity index (χ1) is 4.90. The van der Waals surface area contributed by atoms with Gasteiger partial charge in [-0.2, -0.15) is 5.10 Å². The van der Waals surface area contributed by atoms with Gasteiger partial charge < -0.3 is 0 Å². The summed E-state index contributed by atoms with van der Waals surface area (Å²) in [5.74, 6) is 0.528. The van der Waals surface area contributed by atoms with Crippen molar-refractivity contribution in [2.75, 3.05) is 0 Å². The number of hydrogen-bond donors (Lipinski definition) is 0. The van der Waals surface area contributed by atoms with E-state index in [2.05, 4.69) is 5.10 Å². The fourth-order valence-electron chi connectivity index (χ4n) is 0.991. The molecule has 1 fully saturated rings. The lowest BCUT2D eigenvalue weighted by molar-refractivity contribution is 0.634. The standard InChI is InChI=1S/C7H9ClN2.ClH/c8-5-6-3-4-10(9-6)7-1-2-7;/h3-4,7H,1-2,5H2;1H. The Morgan fingerprint density at radius 1 is 1.64 bits per heavy atom. The van der Waals surface area contributed by atoms with Crippen LogP contribution in [0.15, 0.2) is 12.3 Å². The van der Waals surface area contributed by atoms with Crippen molar-refractivity contribution in [2.45, 2.75) is 24.8 Å². The Hall–Kier alpha value is -0.210. The predicted molar refractivity (Wildman–Crippen MR) is 47.3 cm³/mol. The Bertz CT molecular complexity index is 230. The molecule has 2 rings (SSSR count). The van der Waals surface area contributed by atoms with Crippen LogP contribution in [0, 0.1) is 0 Å². The molecule has 4 heteroatoms. The molecule has 2 nitrogen and oxygen atoms in total. The Morgan fingerprint density at radius 3 is 2.82 bits per heavy atom. The summed E-state index contributed by atoms with van der Waals surface area (Å²) in [4.78, 5) is 0. The quantitative estimate of drug-likeness (QED) is 0.659. The van der Waals surface area contributed by atoms with Gasteiger partial charge in [0.25, 0.3) is 0 Å². The number of rotatable bonds is 2. The van der Waals surface area contributed by atoms with Gasteiger partial charge in [0, 0.05) is 6.20 Å². The number of alkyl halides is 1. The molecule has 0 aliphatic heterocycles. The SMILES string of the molecule is Cl.ClCc1ccn(C2CC2)n1. The number of nitrogens with zero attached hydrogens (tertiary/aromatic N) is 2. The van der Waals surface area contributed by atoms with Crippen LogP contribution in [0.4, 0.5) is 0 Å². The largest absolute Gasteiger partial charge is 0.269 e. The molecule has 0 N–H and O–H groups in total. The lowest BCUT2D eigenvalue weighted by Gasteiger charge is -1.92. The van der Waals surface area contributed by atoms with Gasteiger partial charge in [-0.15, -0.1) is 24.0 Å². The van der Waals surface area contributed by atoms with Crippen LogP contribution in [0.1, 0.15) is 24.6 Å². The van der Waals surface area contributed by atoms with E-state index in [4.69, 9.17) is 11.6 Å². The highest BCUT2D eigenvalue weighted by Gasteiger charge is 2.23. The highest BCUT2D eigenvalue weighted by Crippen LogP contribution is 2.33. The van der Waals surface area contributed by atoms with Gasteiger partial charge >= 0.3 is 0 Å². The normalized spacial score (nSPS) is 16.1. The van der Waals surface area contributed by atoms with E-state index < -0.39 is 0 Å². The van der Waals surface area contributed by atoms with Crippen molar-refractivity contribution >= 4 is 24.0 Å². The van der Waals surface area contributed by atoms with Gasteiger partial charge in [0.05, 0.1) is 17.6 Å². The van der Waals surface area contributed by atoms with E-state index in [9.17, 15) is 0 Å². The molecule has 62 valence electrons. The lowest BCUT2D eigenvalue weighted by Crippen LogP contribution is -1.94. The molecule has 0 unspecified atom stereocenters. The van der Waals surface area contributed by atoms with Gasteiger partial charge in [-0.05, 0) is 18.9 Å². The van der Waals surface area contributed by atoms with Gasteiger partial charge in [-0.1, -0.05) is 0 Å². The van der Waals surface area contributed by atoms with Crippen LogP contribution in [0.3, 0.4) is 0 Å². The minimum absolute atomic E-state index is 0. The molecule has 0 aromatic carbocycles. The fourth-order valence-corrected chi connectivity index (χ4v) is 1.13. The van der Waals surface area contributed by atoms with Crippen molar-refractivity contribution < 1.29 is 0 Å². The van der Waals surface area contributed by atoms with Gasteiger partial charge in [0.15, 0.2) is 0 Å². The Kier molecular flexibility index (Phi) is 2.79.